The first-order valence-corrected chi connectivity index (χ1v) is 8.38. The zero-order chi connectivity index (χ0) is 16.8. The number of aliphatic carboxylic acids is 1. The number of benzene rings is 1. The Bertz CT molecular complexity index is 501. The van der Waals surface area contributed by atoms with Gasteiger partial charge in [0.05, 0.1) is 0 Å². The summed E-state index contributed by atoms with van der Waals surface area (Å²) >= 11 is 5.94. The molecule has 0 aliphatic heterocycles. The van der Waals surface area contributed by atoms with E-state index in [1.54, 1.807) is 25.1 Å². The predicted molar refractivity (Wildman–Crippen MR) is 90.8 cm³/mol. The molecule has 2 atom stereocenters. The molecule has 0 radical (unpaired) electrons. The number of carbonyl (C=O) groups is 1. The molecule has 0 aromatic heterocycles. The molecular formula is C18H27ClO3. The van der Waals surface area contributed by atoms with Crippen molar-refractivity contribution in [3.05, 3.63) is 28.8 Å². The van der Waals surface area contributed by atoms with Gasteiger partial charge in [0, 0.05) is 11.4 Å². The summed E-state index contributed by atoms with van der Waals surface area (Å²) < 4.78 is 5.90. The zero-order valence-corrected chi connectivity index (χ0v) is 14.7. The summed E-state index contributed by atoms with van der Waals surface area (Å²) in [5.41, 5.74) is -0.367. The Balaban J connectivity index is 2.92. The molecule has 0 heterocycles. The molecule has 0 spiro atoms. The van der Waals surface area contributed by atoms with E-state index in [0.717, 1.165) is 31.2 Å². The standard InChI is InChI=1S/C18H27ClO3/c1-5-7-8-14(6-2)12-18(4,17(20)21)22-16-10-9-15(19)11-13(16)3/h9-11,14H,5-8,12H2,1-4H3,(H,20,21). The molecule has 1 aromatic carbocycles. The van der Waals surface area contributed by atoms with Gasteiger partial charge in [0.1, 0.15) is 5.75 Å². The summed E-state index contributed by atoms with van der Waals surface area (Å²) in [5, 5.41) is 10.3. The van der Waals surface area contributed by atoms with Crippen LogP contribution in [-0.2, 0) is 4.79 Å². The van der Waals surface area contributed by atoms with Crippen molar-refractivity contribution in [3.8, 4) is 5.75 Å². The lowest BCUT2D eigenvalue weighted by Gasteiger charge is -2.30. The van der Waals surface area contributed by atoms with E-state index >= 15 is 0 Å². The Kier molecular flexibility index (Phi) is 7.21. The summed E-state index contributed by atoms with van der Waals surface area (Å²) in [6.07, 6.45) is 4.76. The molecule has 1 aromatic rings. The van der Waals surface area contributed by atoms with Gasteiger partial charge < -0.3 is 9.84 Å². The maximum Gasteiger partial charge on any atom is 0.347 e. The Morgan fingerprint density at radius 2 is 2.09 bits per heavy atom. The van der Waals surface area contributed by atoms with Crippen molar-refractivity contribution in [1.29, 1.82) is 0 Å². The van der Waals surface area contributed by atoms with Gasteiger partial charge in [-0.2, -0.15) is 0 Å². The van der Waals surface area contributed by atoms with E-state index in [2.05, 4.69) is 13.8 Å². The first-order valence-electron chi connectivity index (χ1n) is 8.01. The number of halogens is 1. The van der Waals surface area contributed by atoms with Crippen molar-refractivity contribution in [2.24, 2.45) is 5.92 Å². The van der Waals surface area contributed by atoms with Crippen molar-refractivity contribution in [3.63, 3.8) is 0 Å². The summed E-state index contributed by atoms with van der Waals surface area (Å²) in [6.45, 7) is 7.79. The third-order valence-electron chi connectivity index (χ3n) is 4.15. The van der Waals surface area contributed by atoms with Gasteiger partial charge in [0.2, 0.25) is 5.60 Å². The lowest BCUT2D eigenvalue weighted by molar-refractivity contribution is -0.155. The second-order valence-electron chi connectivity index (χ2n) is 6.17. The highest BCUT2D eigenvalue weighted by molar-refractivity contribution is 6.30. The molecule has 0 aliphatic rings. The minimum Gasteiger partial charge on any atom is -0.478 e. The largest absolute Gasteiger partial charge is 0.478 e. The summed E-state index contributed by atoms with van der Waals surface area (Å²) in [7, 11) is 0. The Labute approximate surface area is 138 Å². The van der Waals surface area contributed by atoms with Gasteiger partial charge in [-0.05, 0) is 43.5 Å². The monoisotopic (exact) mass is 326 g/mol. The fourth-order valence-electron chi connectivity index (χ4n) is 2.64. The molecule has 1 rings (SSSR count). The van der Waals surface area contributed by atoms with Crippen molar-refractivity contribution in [2.45, 2.75) is 65.4 Å². The van der Waals surface area contributed by atoms with Crippen LogP contribution in [0.5, 0.6) is 5.75 Å². The van der Waals surface area contributed by atoms with E-state index in [1.807, 2.05) is 6.92 Å². The molecule has 2 unspecified atom stereocenters. The Morgan fingerprint density at radius 1 is 1.41 bits per heavy atom. The molecule has 124 valence electrons. The van der Waals surface area contributed by atoms with E-state index < -0.39 is 11.6 Å². The number of rotatable bonds is 9. The van der Waals surface area contributed by atoms with Crippen LogP contribution in [0.4, 0.5) is 0 Å². The Morgan fingerprint density at radius 3 is 2.59 bits per heavy atom. The first-order chi connectivity index (χ1) is 10.3. The minimum absolute atomic E-state index is 0.355. The number of carboxylic acids is 1. The number of carboxylic acid groups (broad SMARTS) is 1. The van der Waals surface area contributed by atoms with Crippen molar-refractivity contribution >= 4 is 17.6 Å². The maximum atomic E-state index is 11.8. The second kappa shape index (κ2) is 8.42. The fraction of sp³-hybridized carbons (Fsp3) is 0.611. The molecule has 0 amide bonds. The highest BCUT2D eigenvalue weighted by Gasteiger charge is 2.38. The number of hydrogen-bond acceptors (Lipinski definition) is 2. The molecule has 0 aliphatic carbocycles. The zero-order valence-electron chi connectivity index (χ0n) is 14.0. The van der Waals surface area contributed by atoms with Crippen LogP contribution in [0.2, 0.25) is 5.02 Å². The van der Waals surface area contributed by atoms with Gasteiger partial charge in [-0.1, -0.05) is 51.1 Å². The van der Waals surface area contributed by atoms with Crippen LogP contribution in [0.3, 0.4) is 0 Å². The van der Waals surface area contributed by atoms with Crippen molar-refractivity contribution < 1.29 is 14.6 Å². The molecule has 22 heavy (non-hydrogen) atoms. The number of aryl methyl sites for hydroxylation is 1. The molecule has 1 N–H and O–H groups in total. The lowest BCUT2D eigenvalue weighted by Crippen LogP contribution is -2.43. The third-order valence-corrected chi connectivity index (χ3v) is 4.38. The van der Waals surface area contributed by atoms with E-state index in [1.165, 1.54) is 0 Å². The SMILES string of the molecule is CCCCC(CC)CC(C)(Oc1ccc(Cl)cc1C)C(=O)O. The molecule has 0 bridgehead atoms. The van der Waals surface area contributed by atoms with Gasteiger partial charge >= 0.3 is 5.97 Å². The lowest BCUT2D eigenvalue weighted by atomic mass is 9.86. The van der Waals surface area contributed by atoms with Gasteiger partial charge in [-0.3, -0.25) is 0 Å². The van der Waals surface area contributed by atoms with Crippen molar-refractivity contribution in [2.75, 3.05) is 0 Å². The van der Waals surface area contributed by atoms with E-state index in [4.69, 9.17) is 16.3 Å². The van der Waals surface area contributed by atoms with E-state index in [9.17, 15) is 9.90 Å². The highest BCUT2D eigenvalue weighted by atomic mass is 35.5. The fourth-order valence-corrected chi connectivity index (χ4v) is 2.86. The smallest absolute Gasteiger partial charge is 0.347 e. The normalized spacial score (nSPS) is 15.1. The van der Waals surface area contributed by atoms with Crippen LogP contribution in [0, 0.1) is 12.8 Å². The average Bonchev–Trinajstić information content (AvgIpc) is 2.46. The summed E-state index contributed by atoms with van der Waals surface area (Å²) in [5.74, 6) is 0.0186. The van der Waals surface area contributed by atoms with Crippen LogP contribution >= 0.6 is 11.6 Å². The molecule has 4 heteroatoms. The topological polar surface area (TPSA) is 46.5 Å². The third kappa shape index (κ3) is 5.20. The van der Waals surface area contributed by atoms with Crippen molar-refractivity contribution in [1.82, 2.24) is 0 Å². The van der Waals surface area contributed by atoms with E-state index in [0.29, 0.717) is 23.1 Å². The van der Waals surface area contributed by atoms with Crippen LogP contribution in [0.25, 0.3) is 0 Å². The van der Waals surface area contributed by atoms with Gasteiger partial charge in [-0.25, -0.2) is 4.79 Å². The molecule has 3 nitrogen and oxygen atoms in total. The maximum absolute atomic E-state index is 11.8. The van der Waals surface area contributed by atoms with Crippen LogP contribution in [-0.4, -0.2) is 16.7 Å². The van der Waals surface area contributed by atoms with Gasteiger partial charge in [-0.15, -0.1) is 0 Å². The quantitative estimate of drug-likeness (QED) is 0.653. The molecular weight excluding hydrogens is 300 g/mol. The average molecular weight is 327 g/mol. The second-order valence-corrected chi connectivity index (χ2v) is 6.60. The van der Waals surface area contributed by atoms with Crippen LogP contribution < -0.4 is 4.74 Å². The summed E-state index contributed by atoms with van der Waals surface area (Å²) in [4.78, 5) is 11.8. The summed E-state index contributed by atoms with van der Waals surface area (Å²) in [6, 6.07) is 5.25. The Hall–Kier alpha value is -1.22. The molecule has 0 fully saturated rings. The molecule has 0 saturated heterocycles. The van der Waals surface area contributed by atoms with Crippen LogP contribution in [0.1, 0.15) is 58.4 Å². The first kappa shape index (κ1) is 18.8. The predicted octanol–water partition coefficient (Wildman–Crippen LogP) is 5.48. The van der Waals surface area contributed by atoms with Crippen LogP contribution in [0.15, 0.2) is 18.2 Å². The highest BCUT2D eigenvalue weighted by Crippen LogP contribution is 2.31. The minimum atomic E-state index is -1.22. The van der Waals surface area contributed by atoms with Gasteiger partial charge in [0.25, 0.3) is 0 Å². The number of unbranched alkanes of at least 4 members (excludes halogenated alkanes) is 1. The molecule has 0 saturated carbocycles. The number of hydrogen-bond donors (Lipinski definition) is 1. The van der Waals surface area contributed by atoms with E-state index in [-0.39, 0.29) is 0 Å². The number of ether oxygens (including phenoxy) is 1. The van der Waals surface area contributed by atoms with Gasteiger partial charge in [0.15, 0.2) is 0 Å².